The van der Waals surface area contributed by atoms with Crippen LogP contribution in [-0.4, -0.2) is 32.3 Å². The van der Waals surface area contributed by atoms with Gasteiger partial charge in [-0.3, -0.25) is 4.79 Å². The molecule has 0 aromatic heterocycles. The Morgan fingerprint density at radius 1 is 0.962 bits per heavy atom. The van der Waals surface area contributed by atoms with Crippen LogP contribution < -0.4 is 19.5 Å². The predicted molar refractivity (Wildman–Crippen MR) is 92.9 cm³/mol. The number of hydrogen-bond donors (Lipinski definition) is 1. The van der Waals surface area contributed by atoms with E-state index in [9.17, 15) is 13.6 Å². The minimum Gasteiger partial charge on any atom is -0.497 e. The number of hydrogen-bond acceptors (Lipinski definition) is 4. The highest BCUT2D eigenvalue weighted by Gasteiger charge is 2.14. The van der Waals surface area contributed by atoms with Gasteiger partial charge < -0.3 is 19.5 Å². The summed E-state index contributed by atoms with van der Waals surface area (Å²) < 4.78 is 39.1. The van der Waals surface area contributed by atoms with Gasteiger partial charge in [0, 0.05) is 6.54 Å². The number of carbonyl (C=O) groups is 1. The lowest BCUT2D eigenvalue weighted by Crippen LogP contribution is -2.37. The molecule has 0 aliphatic heterocycles. The van der Waals surface area contributed by atoms with Crippen molar-refractivity contribution < 1.29 is 27.8 Å². The zero-order chi connectivity index (χ0) is 18.9. The van der Waals surface area contributed by atoms with Crippen molar-refractivity contribution in [1.82, 2.24) is 5.32 Å². The molecule has 7 heteroatoms. The average Bonchev–Trinajstić information content (AvgIpc) is 2.63. The summed E-state index contributed by atoms with van der Waals surface area (Å²) in [4.78, 5) is 12.1. The van der Waals surface area contributed by atoms with E-state index in [0.29, 0.717) is 24.5 Å². The number of alkyl halides is 2. The van der Waals surface area contributed by atoms with Crippen LogP contribution in [0.5, 0.6) is 17.2 Å². The molecule has 0 aliphatic carbocycles. The lowest BCUT2D eigenvalue weighted by molar-refractivity contribution is -0.127. The van der Waals surface area contributed by atoms with Gasteiger partial charge in [0.05, 0.1) is 7.11 Å². The largest absolute Gasteiger partial charge is 0.497 e. The zero-order valence-corrected chi connectivity index (χ0v) is 14.6. The van der Waals surface area contributed by atoms with Crippen LogP contribution >= 0.6 is 0 Å². The van der Waals surface area contributed by atoms with E-state index < -0.39 is 12.7 Å². The van der Waals surface area contributed by atoms with Crippen molar-refractivity contribution in [1.29, 1.82) is 0 Å². The van der Waals surface area contributed by atoms with Gasteiger partial charge in [0.2, 0.25) is 0 Å². The molecule has 0 radical (unpaired) electrons. The molecule has 2 rings (SSSR count). The summed E-state index contributed by atoms with van der Waals surface area (Å²) in [6.07, 6.45) is -0.0825. The summed E-state index contributed by atoms with van der Waals surface area (Å²) in [5.74, 6) is 1.15. The first-order valence-electron chi connectivity index (χ1n) is 8.10. The second-order valence-corrected chi connectivity index (χ2v) is 5.50. The number of amides is 1. The lowest BCUT2D eigenvalue weighted by Gasteiger charge is -2.15. The van der Waals surface area contributed by atoms with E-state index >= 15 is 0 Å². The van der Waals surface area contributed by atoms with Gasteiger partial charge in [-0.1, -0.05) is 12.1 Å². The second-order valence-electron chi connectivity index (χ2n) is 5.50. The van der Waals surface area contributed by atoms with E-state index in [1.807, 2.05) is 0 Å². The number of halogens is 2. The van der Waals surface area contributed by atoms with Crippen molar-refractivity contribution in [3.63, 3.8) is 0 Å². The Balaban J connectivity index is 1.74. The molecule has 1 N–H and O–H groups in total. The highest BCUT2D eigenvalue weighted by Crippen LogP contribution is 2.18. The topological polar surface area (TPSA) is 56.8 Å². The summed E-state index contributed by atoms with van der Waals surface area (Å²) in [7, 11) is 1.57. The summed E-state index contributed by atoms with van der Waals surface area (Å²) in [6.45, 7) is -0.771. The highest BCUT2D eigenvalue weighted by atomic mass is 19.3. The highest BCUT2D eigenvalue weighted by molar-refractivity contribution is 5.80. The van der Waals surface area contributed by atoms with Crippen molar-refractivity contribution in [3.05, 3.63) is 54.1 Å². The molecule has 0 bridgehead atoms. The Labute approximate surface area is 150 Å². The van der Waals surface area contributed by atoms with E-state index in [-0.39, 0.29) is 11.7 Å². The molecule has 0 saturated heterocycles. The maximum absolute atomic E-state index is 12.1. The third-order valence-electron chi connectivity index (χ3n) is 3.60. The second kappa shape index (κ2) is 9.60. The van der Waals surface area contributed by atoms with Gasteiger partial charge in [-0.2, -0.15) is 8.78 Å². The minimum absolute atomic E-state index is 0.106. The number of benzene rings is 2. The molecular formula is C19H21F2NO4. The Hall–Kier alpha value is -2.83. The number of nitrogens with one attached hydrogen (secondary N) is 1. The lowest BCUT2D eigenvalue weighted by atomic mass is 10.1. The van der Waals surface area contributed by atoms with Crippen molar-refractivity contribution in [2.45, 2.75) is 26.1 Å². The standard InChI is InChI=1S/C19H21F2NO4/c1-13(25-16-9-7-15(24-2)8-10-16)18(23)22-12-11-14-3-5-17(6-4-14)26-19(20)21/h3-10,13,19H,11-12H2,1-2H3,(H,22,23). The van der Waals surface area contributed by atoms with E-state index in [0.717, 1.165) is 5.56 Å². The Morgan fingerprint density at radius 3 is 2.08 bits per heavy atom. The fraction of sp³-hybridized carbons (Fsp3) is 0.316. The predicted octanol–water partition coefficient (Wildman–Crippen LogP) is 3.42. The van der Waals surface area contributed by atoms with Crippen molar-refractivity contribution in [2.24, 2.45) is 0 Å². The monoisotopic (exact) mass is 365 g/mol. The molecule has 0 saturated carbocycles. The van der Waals surface area contributed by atoms with E-state index in [1.54, 1.807) is 50.4 Å². The van der Waals surface area contributed by atoms with Gasteiger partial charge in [-0.15, -0.1) is 0 Å². The molecule has 1 amide bonds. The van der Waals surface area contributed by atoms with Crippen LogP contribution in [-0.2, 0) is 11.2 Å². The average molecular weight is 365 g/mol. The molecule has 26 heavy (non-hydrogen) atoms. The van der Waals surface area contributed by atoms with E-state index in [2.05, 4.69) is 10.1 Å². The third-order valence-corrected chi connectivity index (χ3v) is 3.60. The molecule has 140 valence electrons. The number of ether oxygens (including phenoxy) is 3. The molecular weight excluding hydrogens is 344 g/mol. The molecule has 1 atom stereocenters. The third kappa shape index (κ3) is 6.23. The summed E-state index contributed by atoms with van der Waals surface area (Å²) >= 11 is 0. The van der Waals surface area contributed by atoms with Gasteiger partial charge in [-0.05, 0) is 55.3 Å². The first-order valence-corrected chi connectivity index (χ1v) is 8.10. The van der Waals surface area contributed by atoms with Crippen molar-refractivity contribution >= 4 is 5.91 Å². The molecule has 2 aromatic carbocycles. The van der Waals surface area contributed by atoms with Crippen LogP contribution in [0.25, 0.3) is 0 Å². The first kappa shape index (κ1) is 19.5. The molecule has 0 fully saturated rings. The van der Waals surface area contributed by atoms with Crippen molar-refractivity contribution in [3.8, 4) is 17.2 Å². The fourth-order valence-electron chi connectivity index (χ4n) is 2.22. The Kier molecular flexibility index (Phi) is 7.20. The Morgan fingerprint density at radius 2 is 1.50 bits per heavy atom. The zero-order valence-electron chi connectivity index (χ0n) is 14.6. The van der Waals surface area contributed by atoms with Gasteiger partial charge >= 0.3 is 6.61 Å². The normalized spacial score (nSPS) is 11.7. The molecule has 5 nitrogen and oxygen atoms in total. The van der Waals surface area contributed by atoms with Crippen LogP contribution in [0.3, 0.4) is 0 Å². The van der Waals surface area contributed by atoms with Gasteiger partial charge in [-0.25, -0.2) is 0 Å². The molecule has 1 unspecified atom stereocenters. The number of rotatable bonds is 9. The summed E-state index contributed by atoms with van der Waals surface area (Å²) in [5.41, 5.74) is 0.899. The maximum atomic E-state index is 12.1. The molecule has 2 aromatic rings. The van der Waals surface area contributed by atoms with E-state index in [4.69, 9.17) is 9.47 Å². The van der Waals surface area contributed by atoms with Crippen LogP contribution in [0.1, 0.15) is 12.5 Å². The summed E-state index contributed by atoms with van der Waals surface area (Å²) in [6, 6.07) is 13.3. The number of carbonyl (C=O) groups excluding carboxylic acids is 1. The van der Waals surface area contributed by atoms with Gasteiger partial charge in [0.15, 0.2) is 6.10 Å². The Bertz CT molecular complexity index is 690. The number of methoxy groups -OCH3 is 1. The maximum Gasteiger partial charge on any atom is 0.387 e. The van der Waals surface area contributed by atoms with Crippen molar-refractivity contribution in [2.75, 3.05) is 13.7 Å². The fourth-order valence-corrected chi connectivity index (χ4v) is 2.22. The molecule has 0 aliphatic rings. The minimum atomic E-state index is -2.84. The quantitative estimate of drug-likeness (QED) is 0.740. The van der Waals surface area contributed by atoms with E-state index in [1.165, 1.54) is 12.1 Å². The molecule has 0 spiro atoms. The van der Waals surface area contributed by atoms with Crippen LogP contribution in [0.15, 0.2) is 48.5 Å². The summed E-state index contributed by atoms with van der Waals surface area (Å²) in [5, 5.41) is 2.78. The smallest absolute Gasteiger partial charge is 0.387 e. The first-order chi connectivity index (χ1) is 12.5. The van der Waals surface area contributed by atoms with Crippen LogP contribution in [0, 0.1) is 0 Å². The SMILES string of the molecule is COc1ccc(OC(C)C(=O)NCCc2ccc(OC(F)F)cc2)cc1. The van der Waals surface area contributed by atoms with Crippen LogP contribution in [0.4, 0.5) is 8.78 Å². The van der Waals surface area contributed by atoms with Gasteiger partial charge in [0.25, 0.3) is 5.91 Å². The van der Waals surface area contributed by atoms with Gasteiger partial charge in [0.1, 0.15) is 17.2 Å². The van der Waals surface area contributed by atoms with Crippen LogP contribution in [0.2, 0.25) is 0 Å². The molecule has 0 heterocycles.